The molecule has 0 aromatic heterocycles. The van der Waals surface area contributed by atoms with Crippen LogP contribution in [0, 0.1) is 0 Å². The molecule has 0 unspecified atom stereocenters. The highest BCUT2D eigenvalue weighted by atomic mass is 32.2. The van der Waals surface area contributed by atoms with Crippen LogP contribution in [-0.4, -0.2) is 16.7 Å². The Morgan fingerprint density at radius 2 is 1.68 bits per heavy atom. The maximum Gasteiger partial charge on any atom is 0.193 e. The number of ketones is 1. The zero-order valence-corrected chi connectivity index (χ0v) is 13.3. The van der Waals surface area contributed by atoms with E-state index in [1.807, 2.05) is 66.7 Å². The number of thioether (sulfide) groups is 1. The Labute approximate surface area is 135 Å². The van der Waals surface area contributed by atoms with E-state index in [4.69, 9.17) is 0 Å². The average Bonchev–Trinajstić information content (AvgIpc) is 2.55. The lowest BCUT2D eigenvalue weighted by Gasteiger charge is -2.05. The van der Waals surface area contributed by atoms with Crippen molar-refractivity contribution in [3.63, 3.8) is 0 Å². The van der Waals surface area contributed by atoms with Crippen molar-refractivity contribution in [2.45, 2.75) is 13.3 Å². The Kier molecular flexibility index (Phi) is 6.16. The molecule has 0 N–H and O–H groups in total. The molecule has 2 aromatic rings. The summed E-state index contributed by atoms with van der Waals surface area (Å²) in [5.74, 6) is 0.791. The lowest BCUT2D eigenvalue weighted by molar-refractivity contribution is -0.109. The minimum absolute atomic E-state index is 0.0268. The smallest absolute Gasteiger partial charge is 0.193 e. The first-order chi connectivity index (χ1) is 10.7. The van der Waals surface area contributed by atoms with Crippen molar-refractivity contribution in [2.75, 3.05) is 5.75 Å². The van der Waals surface area contributed by atoms with E-state index in [0.717, 1.165) is 17.7 Å². The van der Waals surface area contributed by atoms with E-state index in [1.54, 1.807) is 6.92 Å². The van der Waals surface area contributed by atoms with Crippen molar-refractivity contribution < 1.29 is 9.59 Å². The third kappa shape index (κ3) is 4.71. The van der Waals surface area contributed by atoms with Crippen molar-refractivity contribution in [2.24, 2.45) is 0 Å². The summed E-state index contributed by atoms with van der Waals surface area (Å²) in [5, 5.41) is 0.132. The molecule has 3 heteroatoms. The first-order valence-electron chi connectivity index (χ1n) is 7.17. The maximum atomic E-state index is 12.6. The van der Waals surface area contributed by atoms with Gasteiger partial charge in [0.2, 0.25) is 0 Å². The van der Waals surface area contributed by atoms with E-state index in [1.165, 1.54) is 11.8 Å². The Morgan fingerprint density at radius 1 is 1.00 bits per heavy atom. The van der Waals surface area contributed by atoms with E-state index in [0.29, 0.717) is 11.1 Å². The molecule has 2 rings (SSSR count). The average molecular weight is 310 g/mol. The highest BCUT2D eigenvalue weighted by Gasteiger charge is 2.11. The van der Waals surface area contributed by atoms with Gasteiger partial charge in [0.1, 0.15) is 0 Å². The van der Waals surface area contributed by atoms with Crippen molar-refractivity contribution in [1.29, 1.82) is 0 Å². The first kappa shape index (κ1) is 16.2. The van der Waals surface area contributed by atoms with Gasteiger partial charge >= 0.3 is 0 Å². The molecular weight excluding hydrogens is 292 g/mol. The number of carbonyl (C=O) groups excluding carboxylic acids is 2. The zero-order valence-electron chi connectivity index (χ0n) is 12.5. The topological polar surface area (TPSA) is 34.1 Å². The van der Waals surface area contributed by atoms with Crippen molar-refractivity contribution in [3.8, 4) is 0 Å². The number of hydrogen-bond donors (Lipinski definition) is 0. The van der Waals surface area contributed by atoms with Gasteiger partial charge in [0.25, 0.3) is 0 Å². The number of benzene rings is 2. The Balaban J connectivity index is 2.12. The second kappa shape index (κ2) is 8.35. The van der Waals surface area contributed by atoms with E-state index < -0.39 is 0 Å². The fourth-order valence-electron chi connectivity index (χ4n) is 2.08. The molecule has 0 amide bonds. The zero-order chi connectivity index (χ0) is 15.8. The van der Waals surface area contributed by atoms with Crippen LogP contribution >= 0.6 is 11.8 Å². The van der Waals surface area contributed by atoms with Gasteiger partial charge in [0, 0.05) is 23.8 Å². The van der Waals surface area contributed by atoms with Gasteiger partial charge in [-0.1, -0.05) is 78.5 Å². The molecule has 0 aliphatic heterocycles. The lowest BCUT2D eigenvalue weighted by Crippen LogP contribution is -2.03. The monoisotopic (exact) mass is 310 g/mol. The SMILES string of the molecule is CC(=O)SCCC=Cc1ccccc1C(=O)c1ccccc1. The molecular formula is C19H18O2S. The Bertz CT molecular complexity index is 675. The quantitative estimate of drug-likeness (QED) is 0.577. The third-order valence-electron chi connectivity index (χ3n) is 3.13. The third-order valence-corrected chi connectivity index (χ3v) is 3.97. The fraction of sp³-hybridized carbons (Fsp3) is 0.158. The Morgan fingerprint density at radius 3 is 2.41 bits per heavy atom. The number of hydrogen-bond acceptors (Lipinski definition) is 3. The van der Waals surface area contributed by atoms with Crippen LogP contribution in [0.5, 0.6) is 0 Å². The molecule has 22 heavy (non-hydrogen) atoms. The summed E-state index contributed by atoms with van der Waals surface area (Å²) in [6.07, 6.45) is 4.77. The molecule has 0 aliphatic rings. The lowest BCUT2D eigenvalue weighted by atomic mass is 9.98. The molecule has 0 atom stereocenters. The number of allylic oxidation sites excluding steroid dienone is 1. The molecule has 0 bridgehead atoms. The summed E-state index contributed by atoms with van der Waals surface area (Å²) in [5.41, 5.74) is 2.30. The molecule has 2 nitrogen and oxygen atoms in total. The van der Waals surface area contributed by atoms with Crippen LogP contribution in [0.4, 0.5) is 0 Å². The highest BCUT2D eigenvalue weighted by Crippen LogP contribution is 2.16. The van der Waals surface area contributed by atoms with Gasteiger partial charge in [-0.3, -0.25) is 9.59 Å². The summed E-state index contributed by atoms with van der Waals surface area (Å²) in [4.78, 5) is 23.4. The summed E-state index contributed by atoms with van der Waals surface area (Å²) >= 11 is 1.32. The minimum Gasteiger partial charge on any atom is -0.289 e. The molecule has 0 spiro atoms. The normalized spacial score (nSPS) is 10.8. The predicted octanol–water partition coefficient (Wildman–Crippen LogP) is 4.60. The second-order valence-corrected chi connectivity index (χ2v) is 6.09. The van der Waals surface area contributed by atoms with Gasteiger partial charge in [-0.15, -0.1) is 0 Å². The molecule has 0 heterocycles. The summed E-state index contributed by atoms with van der Waals surface area (Å²) in [6.45, 7) is 1.57. The molecule has 0 radical (unpaired) electrons. The van der Waals surface area contributed by atoms with E-state index in [2.05, 4.69) is 0 Å². The second-order valence-electron chi connectivity index (χ2n) is 4.81. The summed E-state index contributed by atoms with van der Waals surface area (Å²) in [6, 6.07) is 16.9. The van der Waals surface area contributed by atoms with E-state index >= 15 is 0 Å². The van der Waals surface area contributed by atoms with Gasteiger partial charge in [0.05, 0.1) is 0 Å². The van der Waals surface area contributed by atoms with Crippen molar-refractivity contribution in [1.82, 2.24) is 0 Å². The van der Waals surface area contributed by atoms with Crippen LogP contribution < -0.4 is 0 Å². The van der Waals surface area contributed by atoms with Gasteiger partial charge in [-0.25, -0.2) is 0 Å². The van der Waals surface area contributed by atoms with Gasteiger partial charge < -0.3 is 0 Å². The van der Waals surface area contributed by atoms with Gasteiger partial charge in [0.15, 0.2) is 10.9 Å². The maximum absolute atomic E-state index is 12.6. The van der Waals surface area contributed by atoms with E-state index in [9.17, 15) is 9.59 Å². The van der Waals surface area contributed by atoms with Crippen molar-refractivity contribution >= 4 is 28.7 Å². The first-order valence-corrected chi connectivity index (χ1v) is 8.15. The molecule has 0 aliphatic carbocycles. The van der Waals surface area contributed by atoms with Crippen molar-refractivity contribution in [3.05, 3.63) is 77.4 Å². The highest BCUT2D eigenvalue weighted by molar-refractivity contribution is 8.13. The Hall–Kier alpha value is -2.13. The molecule has 112 valence electrons. The molecule has 0 fully saturated rings. The van der Waals surface area contributed by atoms with Crippen LogP contribution in [0.1, 0.15) is 34.8 Å². The van der Waals surface area contributed by atoms with Gasteiger partial charge in [-0.05, 0) is 12.0 Å². The standard InChI is InChI=1S/C19H18O2S/c1-15(20)22-14-8-7-10-16-9-5-6-13-18(16)19(21)17-11-3-2-4-12-17/h2-7,9-13H,8,14H2,1H3. The molecule has 0 saturated carbocycles. The molecule has 2 aromatic carbocycles. The van der Waals surface area contributed by atoms with Crippen LogP contribution in [0.3, 0.4) is 0 Å². The summed E-state index contributed by atoms with van der Waals surface area (Å²) in [7, 11) is 0. The minimum atomic E-state index is 0.0268. The van der Waals surface area contributed by atoms with E-state index in [-0.39, 0.29) is 10.9 Å². The predicted molar refractivity (Wildman–Crippen MR) is 93.1 cm³/mol. The van der Waals surface area contributed by atoms with Crippen LogP contribution in [-0.2, 0) is 4.79 Å². The molecule has 0 saturated heterocycles. The largest absolute Gasteiger partial charge is 0.289 e. The van der Waals surface area contributed by atoms with Gasteiger partial charge in [-0.2, -0.15) is 0 Å². The van der Waals surface area contributed by atoms with Crippen LogP contribution in [0.15, 0.2) is 60.7 Å². The van der Waals surface area contributed by atoms with Crippen LogP contribution in [0.2, 0.25) is 0 Å². The fourth-order valence-corrected chi connectivity index (χ4v) is 2.62. The number of carbonyl (C=O) groups is 2. The number of rotatable bonds is 6. The van der Waals surface area contributed by atoms with Crippen LogP contribution in [0.25, 0.3) is 6.08 Å². The summed E-state index contributed by atoms with van der Waals surface area (Å²) < 4.78 is 0.